The number of nitrogens with two attached hydrogens (primary N) is 1. The first-order chi connectivity index (χ1) is 5.31. The number of hydrogen-bond acceptors (Lipinski definition) is 2. The maximum atomic E-state index is 10.7. The smallest absolute Gasteiger partial charge is 0.321 e. The number of hydrogen-bond donors (Lipinski definition) is 2. The molecule has 1 unspecified atom stereocenters. The predicted molar refractivity (Wildman–Crippen MR) is 46.7 cm³/mol. The first-order valence-electron chi connectivity index (χ1n) is 4.30. The molecule has 1 saturated carbocycles. The Bertz CT molecular complexity index is 201. The van der Waals surface area contributed by atoms with E-state index in [1.54, 1.807) is 0 Å². The first kappa shape index (κ1) is 9.52. The summed E-state index contributed by atoms with van der Waals surface area (Å²) in [5.74, 6) is -0.873. The van der Waals surface area contributed by atoms with Gasteiger partial charge in [-0.15, -0.1) is 0 Å². The molecule has 70 valence electrons. The van der Waals surface area contributed by atoms with Crippen molar-refractivity contribution in [2.75, 3.05) is 0 Å². The van der Waals surface area contributed by atoms with E-state index in [4.69, 9.17) is 10.8 Å². The lowest BCUT2D eigenvalue weighted by Crippen LogP contribution is -2.45. The highest BCUT2D eigenvalue weighted by Crippen LogP contribution is 2.60. The highest BCUT2D eigenvalue weighted by atomic mass is 16.4. The summed E-state index contributed by atoms with van der Waals surface area (Å²) in [6.45, 7) is 6.17. The Morgan fingerprint density at radius 1 is 1.50 bits per heavy atom. The number of rotatable bonds is 2. The topological polar surface area (TPSA) is 63.3 Å². The minimum atomic E-state index is -0.873. The zero-order valence-corrected chi connectivity index (χ0v) is 7.92. The normalized spacial score (nSPS) is 23.3. The molecule has 0 aromatic rings. The second-order valence-electron chi connectivity index (χ2n) is 4.72. The fourth-order valence-corrected chi connectivity index (χ4v) is 1.90. The van der Waals surface area contributed by atoms with Crippen LogP contribution in [0.2, 0.25) is 0 Å². The second-order valence-corrected chi connectivity index (χ2v) is 4.72. The molecule has 0 spiro atoms. The Morgan fingerprint density at radius 2 is 1.92 bits per heavy atom. The summed E-state index contributed by atoms with van der Waals surface area (Å²) in [6.07, 6.45) is 1.90. The summed E-state index contributed by atoms with van der Waals surface area (Å²) in [5, 5.41) is 8.80. The van der Waals surface area contributed by atoms with E-state index >= 15 is 0 Å². The van der Waals surface area contributed by atoms with E-state index in [1.807, 2.05) is 0 Å². The molecule has 0 aromatic heterocycles. The molecular formula is C9H17NO2. The summed E-state index contributed by atoms with van der Waals surface area (Å²) in [7, 11) is 0. The Morgan fingerprint density at radius 3 is 2.00 bits per heavy atom. The van der Waals surface area contributed by atoms with Crippen LogP contribution >= 0.6 is 0 Å². The monoisotopic (exact) mass is 171 g/mol. The van der Waals surface area contributed by atoms with Gasteiger partial charge in [0.15, 0.2) is 0 Å². The molecule has 3 N–H and O–H groups in total. The van der Waals surface area contributed by atoms with E-state index in [2.05, 4.69) is 20.8 Å². The lowest BCUT2D eigenvalue weighted by atomic mass is 9.73. The van der Waals surface area contributed by atoms with Crippen LogP contribution in [0.15, 0.2) is 0 Å². The van der Waals surface area contributed by atoms with Crippen LogP contribution in [0.3, 0.4) is 0 Å². The van der Waals surface area contributed by atoms with Crippen LogP contribution < -0.4 is 5.73 Å². The molecule has 1 atom stereocenters. The fraction of sp³-hybridized carbons (Fsp3) is 0.889. The molecule has 1 fully saturated rings. The molecule has 0 amide bonds. The molecular weight excluding hydrogens is 154 g/mol. The van der Waals surface area contributed by atoms with Crippen molar-refractivity contribution in [3.05, 3.63) is 0 Å². The van der Waals surface area contributed by atoms with Crippen LogP contribution in [0.1, 0.15) is 33.6 Å². The van der Waals surface area contributed by atoms with Gasteiger partial charge in [0.2, 0.25) is 0 Å². The van der Waals surface area contributed by atoms with E-state index in [0.29, 0.717) is 0 Å². The molecule has 3 nitrogen and oxygen atoms in total. The van der Waals surface area contributed by atoms with Crippen molar-refractivity contribution >= 4 is 5.97 Å². The first-order valence-corrected chi connectivity index (χ1v) is 4.30. The molecule has 0 aromatic carbocycles. The van der Waals surface area contributed by atoms with E-state index in [9.17, 15) is 4.79 Å². The van der Waals surface area contributed by atoms with Crippen molar-refractivity contribution in [3.63, 3.8) is 0 Å². The molecule has 1 rings (SSSR count). The van der Waals surface area contributed by atoms with Gasteiger partial charge in [-0.3, -0.25) is 4.79 Å². The molecule has 0 saturated heterocycles. The molecule has 3 heteroatoms. The minimum Gasteiger partial charge on any atom is -0.480 e. The van der Waals surface area contributed by atoms with Gasteiger partial charge in [0.1, 0.15) is 6.04 Å². The molecule has 0 heterocycles. The minimum absolute atomic E-state index is 0.00477. The maximum Gasteiger partial charge on any atom is 0.321 e. The summed E-state index contributed by atoms with van der Waals surface area (Å²) >= 11 is 0. The van der Waals surface area contributed by atoms with Crippen LogP contribution in [-0.2, 0) is 4.79 Å². The van der Waals surface area contributed by atoms with E-state index in [1.165, 1.54) is 0 Å². The average Bonchev–Trinajstić information content (AvgIpc) is 2.62. The van der Waals surface area contributed by atoms with Crippen LogP contribution in [0.25, 0.3) is 0 Å². The summed E-state index contributed by atoms with van der Waals surface area (Å²) in [4.78, 5) is 10.7. The van der Waals surface area contributed by atoms with E-state index in [0.717, 1.165) is 12.8 Å². The Labute approximate surface area is 72.9 Å². The number of carboxylic acids is 1. The predicted octanol–water partition coefficient (Wildman–Crippen LogP) is 1.22. The molecule has 0 bridgehead atoms. The van der Waals surface area contributed by atoms with Crippen LogP contribution in [0.5, 0.6) is 0 Å². The lowest BCUT2D eigenvalue weighted by Gasteiger charge is -2.33. The van der Waals surface area contributed by atoms with Gasteiger partial charge in [-0.05, 0) is 18.3 Å². The third-order valence-electron chi connectivity index (χ3n) is 3.14. The summed E-state index contributed by atoms with van der Waals surface area (Å²) in [5.41, 5.74) is 5.49. The van der Waals surface area contributed by atoms with Crippen molar-refractivity contribution in [2.45, 2.75) is 39.7 Å². The molecule has 12 heavy (non-hydrogen) atoms. The summed E-state index contributed by atoms with van der Waals surface area (Å²) < 4.78 is 0. The van der Waals surface area contributed by atoms with E-state index in [-0.39, 0.29) is 10.8 Å². The lowest BCUT2D eigenvalue weighted by molar-refractivity contribution is -0.141. The van der Waals surface area contributed by atoms with Gasteiger partial charge in [0.05, 0.1) is 0 Å². The zero-order chi connectivity index (χ0) is 9.57. The third kappa shape index (κ3) is 1.22. The van der Waals surface area contributed by atoms with Crippen LogP contribution in [0, 0.1) is 10.8 Å². The second kappa shape index (κ2) is 2.46. The maximum absolute atomic E-state index is 10.7. The average molecular weight is 171 g/mol. The zero-order valence-electron chi connectivity index (χ0n) is 7.92. The highest BCUT2D eigenvalue weighted by Gasteiger charge is 2.58. The van der Waals surface area contributed by atoms with E-state index < -0.39 is 12.0 Å². The van der Waals surface area contributed by atoms with Gasteiger partial charge in [-0.25, -0.2) is 0 Å². The number of carbonyl (C=O) groups is 1. The fourth-order valence-electron chi connectivity index (χ4n) is 1.90. The summed E-state index contributed by atoms with van der Waals surface area (Å²) in [6, 6.07) is -0.697. The van der Waals surface area contributed by atoms with Gasteiger partial charge >= 0.3 is 5.97 Å². The number of aliphatic carboxylic acids is 1. The van der Waals surface area contributed by atoms with Crippen molar-refractivity contribution in [1.82, 2.24) is 0 Å². The molecule has 1 aliphatic rings. The van der Waals surface area contributed by atoms with Gasteiger partial charge in [0.25, 0.3) is 0 Å². The van der Waals surface area contributed by atoms with Gasteiger partial charge in [-0.1, -0.05) is 20.8 Å². The van der Waals surface area contributed by atoms with Crippen molar-refractivity contribution in [2.24, 2.45) is 16.6 Å². The Kier molecular flexibility index (Phi) is 1.95. The van der Waals surface area contributed by atoms with Crippen molar-refractivity contribution < 1.29 is 9.90 Å². The van der Waals surface area contributed by atoms with Crippen LogP contribution in [0.4, 0.5) is 0 Å². The molecule has 0 aliphatic heterocycles. The molecule has 0 radical (unpaired) electrons. The highest BCUT2D eigenvalue weighted by molar-refractivity contribution is 5.75. The SMILES string of the molecule is CC(C)(C)C1(C(N)C(=O)O)CC1. The van der Waals surface area contributed by atoms with Crippen molar-refractivity contribution in [1.29, 1.82) is 0 Å². The molecule has 1 aliphatic carbocycles. The Hall–Kier alpha value is -0.570. The van der Waals surface area contributed by atoms with Crippen molar-refractivity contribution in [3.8, 4) is 0 Å². The van der Waals surface area contributed by atoms with Crippen LogP contribution in [-0.4, -0.2) is 17.1 Å². The standard InChI is InChI=1S/C9H17NO2/c1-8(2,3)9(4-5-9)6(10)7(11)12/h6H,4-5,10H2,1-3H3,(H,11,12). The third-order valence-corrected chi connectivity index (χ3v) is 3.14. The number of carboxylic acid groups (broad SMARTS) is 1. The Balaban J connectivity index is 2.80. The van der Waals surface area contributed by atoms with Gasteiger partial charge in [-0.2, -0.15) is 0 Å². The largest absolute Gasteiger partial charge is 0.480 e. The van der Waals surface area contributed by atoms with Gasteiger partial charge in [0, 0.05) is 5.41 Å². The van der Waals surface area contributed by atoms with Gasteiger partial charge < -0.3 is 10.8 Å². The quantitative estimate of drug-likeness (QED) is 0.656.